The number of ether oxygens (including phenoxy) is 1. The van der Waals surface area contributed by atoms with Crippen LogP contribution in [-0.4, -0.2) is 18.2 Å². The highest BCUT2D eigenvalue weighted by atomic mass is 16.5. The van der Waals surface area contributed by atoms with Gasteiger partial charge in [0.1, 0.15) is 5.60 Å². The Kier molecular flexibility index (Phi) is 1.45. The quantitative estimate of drug-likeness (QED) is 0.470. The summed E-state index contributed by atoms with van der Waals surface area (Å²) in [5.74, 6) is -1.10. The molecular weight excluding hydrogens is 120 g/mol. The maximum atomic E-state index is 10.3. The van der Waals surface area contributed by atoms with Crippen LogP contribution in [0.25, 0.3) is 0 Å². The van der Waals surface area contributed by atoms with Crippen molar-refractivity contribution in [3.8, 4) is 0 Å². The fraction of sp³-hybridized carbons (Fsp3) is 0.833. The number of hydrogen-bond acceptors (Lipinski definition) is 3. The largest absolute Gasteiger partial charge is 0.547 e. The lowest BCUT2D eigenvalue weighted by Gasteiger charge is -2.23. The normalized spacial score (nSPS) is 34.8. The van der Waals surface area contributed by atoms with Crippen molar-refractivity contribution in [3.05, 3.63) is 0 Å². The molecule has 0 spiro atoms. The topological polar surface area (TPSA) is 49.4 Å². The third-order valence-corrected chi connectivity index (χ3v) is 1.65. The average Bonchev–Trinajstić information content (AvgIpc) is 2.16. The molecular formula is C6H9O3-. The molecule has 1 heterocycles. The van der Waals surface area contributed by atoms with Crippen LogP contribution in [0, 0.1) is 0 Å². The highest BCUT2D eigenvalue weighted by Crippen LogP contribution is 2.23. The summed E-state index contributed by atoms with van der Waals surface area (Å²) < 4.78 is 4.94. The predicted molar refractivity (Wildman–Crippen MR) is 28.6 cm³/mol. The van der Waals surface area contributed by atoms with Crippen LogP contribution in [0.1, 0.15) is 19.8 Å². The maximum Gasteiger partial charge on any atom is 0.105 e. The summed E-state index contributed by atoms with van der Waals surface area (Å²) in [6.45, 7) is 2.10. The number of carbonyl (C=O) groups excluding carboxylic acids is 1. The Hall–Kier alpha value is -0.570. The SMILES string of the molecule is C[C@]1(C(=O)[O-])CCCO1. The number of carboxylic acid groups (broad SMARTS) is 1. The Morgan fingerprint density at radius 1 is 1.78 bits per heavy atom. The monoisotopic (exact) mass is 129 g/mol. The van der Waals surface area contributed by atoms with Gasteiger partial charge < -0.3 is 14.6 Å². The summed E-state index contributed by atoms with van der Waals surface area (Å²) in [6.07, 6.45) is 1.40. The smallest absolute Gasteiger partial charge is 0.105 e. The number of hydrogen-bond donors (Lipinski definition) is 0. The molecule has 1 rings (SSSR count). The van der Waals surface area contributed by atoms with Crippen LogP contribution >= 0.6 is 0 Å². The minimum absolute atomic E-state index is 0.546. The molecule has 3 heteroatoms. The fourth-order valence-electron chi connectivity index (χ4n) is 0.940. The van der Waals surface area contributed by atoms with Gasteiger partial charge in [-0.1, -0.05) is 0 Å². The first kappa shape index (κ1) is 6.55. The van der Waals surface area contributed by atoms with E-state index in [2.05, 4.69) is 0 Å². The number of rotatable bonds is 1. The lowest BCUT2D eigenvalue weighted by Crippen LogP contribution is -2.45. The average molecular weight is 129 g/mol. The van der Waals surface area contributed by atoms with Crippen LogP contribution < -0.4 is 5.11 Å². The first-order valence-corrected chi connectivity index (χ1v) is 3.00. The first-order chi connectivity index (χ1) is 4.15. The van der Waals surface area contributed by atoms with Gasteiger partial charge in [-0.05, 0) is 19.8 Å². The van der Waals surface area contributed by atoms with E-state index in [4.69, 9.17) is 4.74 Å². The van der Waals surface area contributed by atoms with Gasteiger partial charge in [-0.3, -0.25) is 0 Å². The van der Waals surface area contributed by atoms with Crippen LogP contribution in [0.15, 0.2) is 0 Å². The molecule has 52 valence electrons. The lowest BCUT2D eigenvalue weighted by molar-refractivity contribution is -0.323. The predicted octanol–water partition coefficient (Wildman–Crippen LogP) is -0.695. The third kappa shape index (κ3) is 1.05. The van der Waals surface area contributed by atoms with E-state index in [9.17, 15) is 9.90 Å². The molecule has 1 fully saturated rings. The molecule has 0 radical (unpaired) electrons. The lowest BCUT2D eigenvalue weighted by atomic mass is 10.0. The molecule has 0 N–H and O–H groups in total. The maximum absolute atomic E-state index is 10.3. The van der Waals surface area contributed by atoms with Crippen LogP contribution in [0.3, 0.4) is 0 Å². The van der Waals surface area contributed by atoms with E-state index >= 15 is 0 Å². The summed E-state index contributed by atoms with van der Waals surface area (Å²) >= 11 is 0. The van der Waals surface area contributed by atoms with Gasteiger partial charge in [-0.15, -0.1) is 0 Å². The molecule has 9 heavy (non-hydrogen) atoms. The van der Waals surface area contributed by atoms with Crippen molar-refractivity contribution in [1.82, 2.24) is 0 Å². The van der Waals surface area contributed by atoms with E-state index < -0.39 is 11.6 Å². The Bertz CT molecular complexity index is 124. The minimum Gasteiger partial charge on any atom is -0.547 e. The summed E-state index contributed by atoms with van der Waals surface area (Å²) in [7, 11) is 0. The zero-order valence-corrected chi connectivity index (χ0v) is 5.35. The summed E-state index contributed by atoms with van der Waals surface area (Å²) in [5.41, 5.74) is -1.00. The van der Waals surface area contributed by atoms with Crippen LogP contribution in [-0.2, 0) is 9.53 Å². The van der Waals surface area contributed by atoms with Gasteiger partial charge in [-0.2, -0.15) is 0 Å². The van der Waals surface area contributed by atoms with Crippen molar-refractivity contribution >= 4 is 5.97 Å². The molecule has 1 saturated heterocycles. The van der Waals surface area contributed by atoms with E-state index in [1.165, 1.54) is 0 Å². The molecule has 1 aliphatic heterocycles. The van der Waals surface area contributed by atoms with Crippen LogP contribution in [0.4, 0.5) is 0 Å². The number of aliphatic carboxylic acids is 1. The van der Waals surface area contributed by atoms with Crippen molar-refractivity contribution in [1.29, 1.82) is 0 Å². The Morgan fingerprint density at radius 3 is 2.67 bits per heavy atom. The van der Waals surface area contributed by atoms with Gasteiger partial charge in [0.15, 0.2) is 0 Å². The Balaban J connectivity index is 2.61. The zero-order chi connectivity index (χ0) is 6.91. The number of carbonyl (C=O) groups is 1. The van der Waals surface area contributed by atoms with Gasteiger partial charge >= 0.3 is 0 Å². The van der Waals surface area contributed by atoms with Crippen LogP contribution in [0.2, 0.25) is 0 Å². The second-order valence-corrected chi connectivity index (χ2v) is 2.47. The summed E-state index contributed by atoms with van der Waals surface area (Å²) in [4.78, 5) is 10.3. The Morgan fingerprint density at radius 2 is 2.44 bits per heavy atom. The van der Waals surface area contributed by atoms with Gasteiger partial charge in [0.2, 0.25) is 0 Å². The molecule has 1 atom stereocenters. The first-order valence-electron chi connectivity index (χ1n) is 3.00. The van der Waals surface area contributed by atoms with Crippen molar-refractivity contribution in [2.45, 2.75) is 25.4 Å². The fourth-order valence-corrected chi connectivity index (χ4v) is 0.940. The highest BCUT2D eigenvalue weighted by Gasteiger charge is 2.30. The van der Waals surface area contributed by atoms with E-state index in [1.54, 1.807) is 6.92 Å². The summed E-state index contributed by atoms with van der Waals surface area (Å²) in [5, 5.41) is 10.3. The van der Waals surface area contributed by atoms with E-state index in [1.807, 2.05) is 0 Å². The molecule has 0 unspecified atom stereocenters. The van der Waals surface area contributed by atoms with Gasteiger partial charge in [0, 0.05) is 6.61 Å². The second-order valence-electron chi connectivity index (χ2n) is 2.47. The van der Waals surface area contributed by atoms with Gasteiger partial charge in [-0.25, -0.2) is 0 Å². The summed E-state index contributed by atoms with van der Waals surface area (Å²) in [6, 6.07) is 0. The molecule has 0 saturated carbocycles. The van der Waals surface area contributed by atoms with Gasteiger partial charge in [0.05, 0.1) is 5.97 Å². The van der Waals surface area contributed by atoms with Crippen molar-refractivity contribution < 1.29 is 14.6 Å². The third-order valence-electron chi connectivity index (χ3n) is 1.65. The van der Waals surface area contributed by atoms with E-state index in [0.717, 1.165) is 6.42 Å². The molecule has 0 aromatic rings. The standard InChI is InChI=1S/C6H10O3/c1-6(5(7)8)3-2-4-9-6/h2-4H2,1H3,(H,7,8)/p-1/t6-/m1/s1. The van der Waals surface area contributed by atoms with E-state index in [0.29, 0.717) is 13.0 Å². The van der Waals surface area contributed by atoms with Crippen LogP contribution in [0.5, 0.6) is 0 Å². The molecule has 0 aromatic carbocycles. The second kappa shape index (κ2) is 1.99. The molecule has 0 amide bonds. The molecule has 3 nitrogen and oxygen atoms in total. The highest BCUT2D eigenvalue weighted by molar-refractivity contribution is 5.74. The molecule has 1 aliphatic rings. The van der Waals surface area contributed by atoms with Crippen molar-refractivity contribution in [3.63, 3.8) is 0 Å². The van der Waals surface area contributed by atoms with Gasteiger partial charge in [0.25, 0.3) is 0 Å². The zero-order valence-electron chi connectivity index (χ0n) is 5.35. The molecule has 0 aliphatic carbocycles. The van der Waals surface area contributed by atoms with Crippen molar-refractivity contribution in [2.75, 3.05) is 6.61 Å². The molecule has 0 aromatic heterocycles. The number of carboxylic acids is 1. The van der Waals surface area contributed by atoms with Crippen molar-refractivity contribution in [2.24, 2.45) is 0 Å². The Labute approximate surface area is 53.6 Å². The van der Waals surface area contributed by atoms with E-state index in [-0.39, 0.29) is 0 Å². The minimum atomic E-state index is -1.10. The molecule has 0 bridgehead atoms.